The number of carbonyl (C=O) groups is 1. The van der Waals surface area contributed by atoms with Gasteiger partial charge in [-0.05, 0) is 6.07 Å². The second-order valence-electron chi connectivity index (χ2n) is 3.79. The van der Waals surface area contributed by atoms with E-state index in [0.29, 0.717) is 13.1 Å². The van der Waals surface area contributed by atoms with Crippen LogP contribution in [0.1, 0.15) is 10.5 Å². The van der Waals surface area contributed by atoms with E-state index in [9.17, 15) is 4.79 Å². The van der Waals surface area contributed by atoms with E-state index in [4.69, 9.17) is 5.73 Å². The van der Waals surface area contributed by atoms with Gasteiger partial charge >= 0.3 is 0 Å². The molecule has 0 aliphatic carbocycles. The number of rotatable bonds is 4. The van der Waals surface area contributed by atoms with E-state index in [1.807, 2.05) is 12.3 Å². The molecule has 2 aromatic heterocycles. The van der Waals surface area contributed by atoms with Gasteiger partial charge in [-0.3, -0.25) is 9.48 Å². The number of aromatic nitrogens is 4. The van der Waals surface area contributed by atoms with Crippen molar-refractivity contribution < 1.29 is 4.79 Å². The van der Waals surface area contributed by atoms with Crippen LogP contribution in [0.5, 0.6) is 0 Å². The molecule has 0 saturated carbocycles. The topological polar surface area (TPSA) is 89.9 Å². The summed E-state index contributed by atoms with van der Waals surface area (Å²) in [5, 5.41) is 4.06. The highest BCUT2D eigenvalue weighted by Crippen LogP contribution is 2.06. The number of anilines is 1. The van der Waals surface area contributed by atoms with Gasteiger partial charge in [-0.1, -0.05) is 0 Å². The van der Waals surface area contributed by atoms with Gasteiger partial charge in [0, 0.05) is 38.4 Å². The fourth-order valence-electron chi connectivity index (χ4n) is 1.48. The summed E-state index contributed by atoms with van der Waals surface area (Å²) in [4.78, 5) is 21.4. The van der Waals surface area contributed by atoms with E-state index < -0.39 is 0 Å². The Morgan fingerprint density at radius 1 is 1.39 bits per heavy atom. The fourth-order valence-corrected chi connectivity index (χ4v) is 1.48. The predicted molar refractivity (Wildman–Crippen MR) is 65.6 cm³/mol. The predicted octanol–water partition coefficient (Wildman–Crippen LogP) is 0.0275. The lowest BCUT2D eigenvalue weighted by Crippen LogP contribution is -2.31. The van der Waals surface area contributed by atoms with Crippen molar-refractivity contribution in [1.82, 2.24) is 24.6 Å². The molecule has 0 spiro atoms. The minimum atomic E-state index is -0.243. The molecule has 2 N–H and O–H groups in total. The highest BCUT2D eigenvalue weighted by Gasteiger charge is 2.16. The van der Waals surface area contributed by atoms with Gasteiger partial charge in [0.05, 0.1) is 6.54 Å². The summed E-state index contributed by atoms with van der Waals surface area (Å²) in [6, 6.07) is 1.84. The average Bonchev–Trinajstić information content (AvgIpc) is 2.89. The van der Waals surface area contributed by atoms with E-state index in [0.717, 1.165) is 0 Å². The Labute approximate surface area is 104 Å². The molecule has 0 aliphatic rings. The van der Waals surface area contributed by atoms with Crippen molar-refractivity contribution in [3.05, 3.63) is 36.5 Å². The summed E-state index contributed by atoms with van der Waals surface area (Å²) in [6.45, 7) is 1.14. The average molecular weight is 246 g/mol. The minimum Gasteiger partial charge on any atom is -0.382 e. The van der Waals surface area contributed by atoms with Gasteiger partial charge in [-0.25, -0.2) is 9.97 Å². The first kappa shape index (κ1) is 12.0. The Kier molecular flexibility index (Phi) is 3.52. The Morgan fingerprint density at radius 2 is 2.17 bits per heavy atom. The van der Waals surface area contributed by atoms with Crippen LogP contribution in [-0.4, -0.2) is 44.1 Å². The summed E-state index contributed by atoms with van der Waals surface area (Å²) < 4.78 is 1.75. The summed E-state index contributed by atoms with van der Waals surface area (Å²) in [5.41, 5.74) is 5.79. The highest BCUT2D eigenvalue weighted by atomic mass is 16.2. The van der Waals surface area contributed by atoms with Crippen LogP contribution in [0, 0.1) is 0 Å². The third kappa shape index (κ3) is 2.62. The quantitative estimate of drug-likeness (QED) is 0.821. The number of nitrogens with zero attached hydrogens (tertiary/aromatic N) is 5. The molecule has 0 bridgehead atoms. The van der Waals surface area contributed by atoms with E-state index in [-0.39, 0.29) is 17.4 Å². The maximum Gasteiger partial charge on any atom is 0.276 e. The van der Waals surface area contributed by atoms with Crippen molar-refractivity contribution in [2.45, 2.75) is 6.54 Å². The van der Waals surface area contributed by atoms with E-state index in [1.54, 1.807) is 22.8 Å². The van der Waals surface area contributed by atoms with Gasteiger partial charge in [0.25, 0.3) is 5.91 Å². The van der Waals surface area contributed by atoms with Crippen LogP contribution < -0.4 is 5.73 Å². The molecular formula is C11H14N6O. The van der Waals surface area contributed by atoms with Crippen LogP contribution in [0.4, 0.5) is 5.82 Å². The van der Waals surface area contributed by atoms with Crippen LogP contribution in [0.3, 0.4) is 0 Å². The van der Waals surface area contributed by atoms with Gasteiger partial charge in [0.2, 0.25) is 0 Å². The van der Waals surface area contributed by atoms with Crippen LogP contribution >= 0.6 is 0 Å². The number of likely N-dealkylation sites (N-methyl/N-ethyl adjacent to an activating group) is 1. The normalized spacial score (nSPS) is 10.3. The summed E-state index contributed by atoms with van der Waals surface area (Å²) in [5.74, 6) is -0.0961. The maximum atomic E-state index is 12.0. The number of hydrogen-bond donors (Lipinski definition) is 1. The molecule has 2 heterocycles. The Morgan fingerprint density at radius 3 is 2.83 bits per heavy atom. The first-order valence-electron chi connectivity index (χ1n) is 5.48. The van der Waals surface area contributed by atoms with Crippen LogP contribution in [0.2, 0.25) is 0 Å². The van der Waals surface area contributed by atoms with Gasteiger partial charge in [0.1, 0.15) is 0 Å². The van der Waals surface area contributed by atoms with Crippen molar-refractivity contribution in [3.63, 3.8) is 0 Å². The minimum absolute atomic E-state index is 0.147. The summed E-state index contributed by atoms with van der Waals surface area (Å²) in [7, 11) is 1.69. The van der Waals surface area contributed by atoms with E-state index >= 15 is 0 Å². The maximum absolute atomic E-state index is 12.0. The largest absolute Gasteiger partial charge is 0.382 e. The fraction of sp³-hybridized carbons (Fsp3) is 0.273. The van der Waals surface area contributed by atoms with Crippen molar-refractivity contribution >= 4 is 11.7 Å². The Hall–Kier alpha value is -2.44. The van der Waals surface area contributed by atoms with Crippen molar-refractivity contribution in [3.8, 4) is 0 Å². The number of carbonyl (C=O) groups excluding carboxylic acids is 1. The zero-order valence-electron chi connectivity index (χ0n) is 10.0. The molecule has 94 valence electrons. The molecule has 2 aromatic rings. The van der Waals surface area contributed by atoms with Crippen LogP contribution in [-0.2, 0) is 6.54 Å². The molecule has 0 aliphatic heterocycles. The van der Waals surface area contributed by atoms with Crippen molar-refractivity contribution in [2.75, 3.05) is 19.3 Å². The lowest BCUT2D eigenvalue weighted by molar-refractivity contribution is 0.0784. The number of amides is 1. The molecule has 2 rings (SSSR count). The lowest BCUT2D eigenvalue weighted by atomic mass is 10.3. The molecule has 0 aromatic carbocycles. The smallest absolute Gasteiger partial charge is 0.276 e. The SMILES string of the molecule is CN(CCn1cccn1)C(=O)c1nccnc1N. The molecular weight excluding hydrogens is 232 g/mol. The van der Waals surface area contributed by atoms with E-state index in [2.05, 4.69) is 15.1 Å². The van der Waals surface area contributed by atoms with Crippen LogP contribution in [0.25, 0.3) is 0 Å². The summed E-state index contributed by atoms with van der Waals surface area (Å²) in [6.07, 6.45) is 6.44. The van der Waals surface area contributed by atoms with Gasteiger partial charge < -0.3 is 10.6 Å². The van der Waals surface area contributed by atoms with Crippen molar-refractivity contribution in [1.29, 1.82) is 0 Å². The monoisotopic (exact) mass is 246 g/mol. The third-order valence-corrected chi connectivity index (χ3v) is 2.50. The first-order valence-corrected chi connectivity index (χ1v) is 5.48. The zero-order chi connectivity index (χ0) is 13.0. The molecule has 1 amide bonds. The highest BCUT2D eigenvalue weighted by molar-refractivity contribution is 5.96. The van der Waals surface area contributed by atoms with Gasteiger partial charge in [0.15, 0.2) is 11.5 Å². The van der Waals surface area contributed by atoms with Crippen molar-refractivity contribution in [2.24, 2.45) is 0 Å². The summed E-state index contributed by atoms with van der Waals surface area (Å²) >= 11 is 0. The second kappa shape index (κ2) is 5.26. The Balaban J connectivity index is 1.99. The third-order valence-electron chi connectivity index (χ3n) is 2.50. The van der Waals surface area contributed by atoms with Gasteiger partial charge in [-0.15, -0.1) is 0 Å². The molecule has 18 heavy (non-hydrogen) atoms. The second-order valence-corrected chi connectivity index (χ2v) is 3.79. The molecule has 7 heteroatoms. The molecule has 0 saturated heterocycles. The van der Waals surface area contributed by atoms with E-state index in [1.165, 1.54) is 12.4 Å². The molecule has 7 nitrogen and oxygen atoms in total. The number of hydrogen-bond acceptors (Lipinski definition) is 5. The molecule has 0 fully saturated rings. The number of nitrogen functional groups attached to an aromatic ring is 1. The number of nitrogens with two attached hydrogens (primary N) is 1. The van der Waals surface area contributed by atoms with Gasteiger partial charge in [-0.2, -0.15) is 5.10 Å². The molecule has 0 unspecified atom stereocenters. The first-order chi connectivity index (χ1) is 8.68. The zero-order valence-corrected chi connectivity index (χ0v) is 10.0. The Bertz CT molecular complexity index is 524. The van der Waals surface area contributed by atoms with Crippen LogP contribution in [0.15, 0.2) is 30.9 Å². The lowest BCUT2D eigenvalue weighted by Gasteiger charge is -2.16. The standard InChI is InChI=1S/C11H14N6O/c1-16(7-8-17-6-2-3-15-17)11(18)9-10(12)14-5-4-13-9/h2-6H,7-8H2,1H3,(H2,12,14). The molecule has 0 radical (unpaired) electrons. The molecule has 0 atom stereocenters.